The fraction of sp³-hybridized carbons (Fsp3) is 0.400. The van der Waals surface area contributed by atoms with Gasteiger partial charge in [0.15, 0.2) is 5.96 Å². The first-order chi connectivity index (χ1) is 12.6. The van der Waals surface area contributed by atoms with Crippen molar-refractivity contribution in [3.63, 3.8) is 0 Å². The van der Waals surface area contributed by atoms with Gasteiger partial charge in [-0.3, -0.25) is 4.99 Å². The van der Waals surface area contributed by atoms with E-state index in [1.165, 1.54) is 0 Å². The van der Waals surface area contributed by atoms with Crippen LogP contribution in [0.4, 0.5) is 0 Å². The monoisotopic (exact) mass is 356 g/mol. The van der Waals surface area contributed by atoms with Crippen LogP contribution in [0.1, 0.15) is 19.4 Å². The number of ether oxygens (including phenoxy) is 2. The highest BCUT2D eigenvalue weighted by atomic mass is 16.5. The van der Waals surface area contributed by atoms with E-state index in [1.807, 2.05) is 74.5 Å². The van der Waals surface area contributed by atoms with Gasteiger partial charge in [-0.05, 0) is 31.5 Å². The molecule has 0 spiro atoms. The Balaban J connectivity index is 1.77. The smallest absolute Gasteiger partial charge is 0.213 e. The molecule has 0 bridgehead atoms. The lowest BCUT2D eigenvalue weighted by Crippen LogP contribution is -2.40. The summed E-state index contributed by atoms with van der Waals surface area (Å²) in [5, 5.41) is 3.33. The van der Waals surface area contributed by atoms with Crippen molar-refractivity contribution in [2.24, 2.45) is 4.99 Å². The van der Waals surface area contributed by atoms with Gasteiger partial charge in [-0.2, -0.15) is 0 Å². The topological polar surface area (TPSA) is 59.0 Å². The number of hydrogen-bond donors (Lipinski definition) is 1. The van der Waals surface area contributed by atoms with Gasteiger partial charge >= 0.3 is 0 Å². The summed E-state index contributed by atoms with van der Waals surface area (Å²) in [5.41, 5.74) is 1.07. The van der Waals surface area contributed by atoms with Crippen LogP contribution in [0, 0.1) is 0 Å². The lowest BCUT2D eigenvalue weighted by atomic mass is 10.3. The number of nitrogens with one attached hydrogen (secondary N) is 1. The molecule has 1 N–H and O–H groups in total. The van der Waals surface area contributed by atoms with Crippen LogP contribution >= 0.6 is 0 Å². The van der Waals surface area contributed by atoms with E-state index in [2.05, 4.69) is 15.3 Å². The molecular formula is C20H28N4O2. The number of likely N-dealkylation sites (N-methyl/N-ethyl adjacent to an activating group) is 1. The lowest BCUT2D eigenvalue weighted by molar-refractivity contribution is 0.232. The first-order valence-electron chi connectivity index (χ1n) is 8.79. The van der Waals surface area contributed by atoms with Gasteiger partial charge < -0.3 is 19.7 Å². The predicted octanol–water partition coefficient (Wildman–Crippen LogP) is 2.96. The molecule has 0 aliphatic heterocycles. The molecular weight excluding hydrogens is 328 g/mol. The zero-order chi connectivity index (χ0) is 18.8. The minimum Gasteiger partial charge on any atom is -0.492 e. The maximum Gasteiger partial charge on any atom is 0.213 e. The van der Waals surface area contributed by atoms with Crippen LogP contribution in [-0.4, -0.2) is 49.2 Å². The first-order valence-corrected chi connectivity index (χ1v) is 8.79. The summed E-state index contributed by atoms with van der Waals surface area (Å²) in [7, 11) is 3.76. The van der Waals surface area contributed by atoms with E-state index in [9.17, 15) is 0 Å². The largest absolute Gasteiger partial charge is 0.492 e. The van der Waals surface area contributed by atoms with Gasteiger partial charge in [-0.1, -0.05) is 24.3 Å². The highest BCUT2D eigenvalue weighted by molar-refractivity contribution is 5.79. The van der Waals surface area contributed by atoms with Crippen LogP contribution in [0.5, 0.6) is 11.6 Å². The highest BCUT2D eigenvalue weighted by Crippen LogP contribution is 2.10. The minimum absolute atomic E-state index is 0.122. The van der Waals surface area contributed by atoms with Crippen LogP contribution in [0.25, 0.3) is 0 Å². The molecule has 1 heterocycles. The molecule has 2 rings (SSSR count). The standard InChI is InChI=1S/C20H28N4O2/c1-16(2)26-19-11-10-17(14-22-19)15-23-20(21-3)24(4)12-13-25-18-8-6-5-7-9-18/h5-11,14,16H,12-13,15H2,1-4H3,(H,21,23). The van der Waals surface area contributed by atoms with E-state index in [0.29, 0.717) is 19.0 Å². The van der Waals surface area contributed by atoms with Gasteiger partial charge in [-0.25, -0.2) is 4.98 Å². The number of aromatic nitrogens is 1. The highest BCUT2D eigenvalue weighted by Gasteiger charge is 2.06. The van der Waals surface area contributed by atoms with E-state index < -0.39 is 0 Å². The normalized spacial score (nSPS) is 11.3. The molecule has 1 aromatic heterocycles. The molecule has 0 atom stereocenters. The number of hydrogen-bond acceptors (Lipinski definition) is 4. The summed E-state index contributed by atoms with van der Waals surface area (Å²) in [6.07, 6.45) is 1.94. The summed E-state index contributed by atoms with van der Waals surface area (Å²) in [5.74, 6) is 2.33. The molecule has 0 saturated carbocycles. The quantitative estimate of drug-likeness (QED) is 0.582. The van der Waals surface area contributed by atoms with Crippen LogP contribution in [0.3, 0.4) is 0 Å². The summed E-state index contributed by atoms with van der Waals surface area (Å²) in [6, 6.07) is 13.7. The second-order valence-corrected chi connectivity index (χ2v) is 6.16. The van der Waals surface area contributed by atoms with Gasteiger partial charge in [0.2, 0.25) is 5.88 Å². The number of para-hydroxylation sites is 1. The molecule has 0 unspecified atom stereocenters. The number of pyridine rings is 1. The van der Waals surface area contributed by atoms with Gasteiger partial charge in [-0.15, -0.1) is 0 Å². The van der Waals surface area contributed by atoms with Crippen molar-refractivity contribution in [1.29, 1.82) is 0 Å². The molecule has 0 saturated heterocycles. The van der Waals surface area contributed by atoms with E-state index in [-0.39, 0.29) is 6.10 Å². The Labute approximate surface area is 155 Å². The van der Waals surface area contributed by atoms with E-state index in [0.717, 1.165) is 23.8 Å². The number of guanidine groups is 1. The van der Waals surface area contributed by atoms with Crippen molar-refractivity contribution in [2.45, 2.75) is 26.5 Å². The third kappa shape index (κ3) is 6.63. The van der Waals surface area contributed by atoms with Crippen LogP contribution < -0.4 is 14.8 Å². The Morgan fingerprint density at radius 1 is 1.19 bits per heavy atom. The summed E-state index contributed by atoms with van der Waals surface area (Å²) in [6.45, 7) is 5.93. The molecule has 2 aromatic rings. The van der Waals surface area contributed by atoms with Gasteiger partial charge in [0.25, 0.3) is 0 Å². The zero-order valence-corrected chi connectivity index (χ0v) is 16.0. The summed E-state index contributed by atoms with van der Waals surface area (Å²) >= 11 is 0. The Bertz CT molecular complexity index is 672. The van der Waals surface area contributed by atoms with Crippen molar-refractivity contribution >= 4 is 5.96 Å². The molecule has 0 fully saturated rings. The van der Waals surface area contributed by atoms with Crippen molar-refractivity contribution in [2.75, 3.05) is 27.2 Å². The average Bonchev–Trinajstić information content (AvgIpc) is 2.64. The van der Waals surface area contributed by atoms with E-state index in [1.54, 1.807) is 7.05 Å². The third-order valence-electron chi connectivity index (χ3n) is 3.62. The average molecular weight is 356 g/mol. The molecule has 6 heteroatoms. The number of nitrogens with zero attached hydrogens (tertiary/aromatic N) is 3. The van der Waals surface area contributed by atoms with Gasteiger partial charge in [0.1, 0.15) is 12.4 Å². The van der Waals surface area contributed by atoms with Crippen molar-refractivity contribution in [1.82, 2.24) is 15.2 Å². The molecule has 0 amide bonds. The number of rotatable bonds is 8. The molecule has 0 radical (unpaired) electrons. The molecule has 6 nitrogen and oxygen atoms in total. The molecule has 26 heavy (non-hydrogen) atoms. The second kappa shape index (κ2) is 10.3. The third-order valence-corrected chi connectivity index (χ3v) is 3.62. The molecule has 140 valence electrons. The van der Waals surface area contributed by atoms with Crippen molar-refractivity contribution in [3.8, 4) is 11.6 Å². The van der Waals surface area contributed by atoms with E-state index in [4.69, 9.17) is 9.47 Å². The first kappa shape index (κ1) is 19.6. The Morgan fingerprint density at radius 3 is 2.58 bits per heavy atom. The Kier molecular flexibility index (Phi) is 7.74. The maximum absolute atomic E-state index is 5.73. The van der Waals surface area contributed by atoms with Crippen LogP contribution in [0.2, 0.25) is 0 Å². The fourth-order valence-corrected chi connectivity index (χ4v) is 2.32. The van der Waals surface area contributed by atoms with E-state index >= 15 is 0 Å². The molecule has 0 aliphatic rings. The van der Waals surface area contributed by atoms with Gasteiger partial charge in [0.05, 0.1) is 12.6 Å². The maximum atomic E-state index is 5.73. The number of benzene rings is 1. The van der Waals surface area contributed by atoms with Crippen LogP contribution in [0.15, 0.2) is 53.7 Å². The van der Waals surface area contributed by atoms with Crippen LogP contribution in [-0.2, 0) is 6.54 Å². The Morgan fingerprint density at radius 2 is 1.96 bits per heavy atom. The SMILES string of the molecule is CN=C(NCc1ccc(OC(C)C)nc1)N(C)CCOc1ccccc1. The zero-order valence-electron chi connectivity index (χ0n) is 16.0. The summed E-state index contributed by atoms with van der Waals surface area (Å²) in [4.78, 5) is 10.7. The van der Waals surface area contributed by atoms with Gasteiger partial charge in [0, 0.05) is 32.9 Å². The Hall–Kier alpha value is -2.76. The number of aliphatic imine (C=N–C) groups is 1. The molecule has 1 aromatic carbocycles. The fourth-order valence-electron chi connectivity index (χ4n) is 2.32. The minimum atomic E-state index is 0.122. The van der Waals surface area contributed by atoms with Crippen molar-refractivity contribution in [3.05, 3.63) is 54.2 Å². The molecule has 0 aliphatic carbocycles. The van der Waals surface area contributed by atoms with Crippen molar-refractivity contribution < 1.29 is 9.47 Å². The summed E-state index contributed by atoms with van der Waals surface area (Å²) < 4.78 is 11.3. The second-order valence-electron chi connectivity index (χ2n) is 6.16. The predicted molar refractivity (Wildman–Crippen MR) is 105 cm³/mol. The lowest BCUT2D eigenvalue weighted by Gasteiger charge is -2.22.